The molecule has 4 rings (SSSR count). The van der Waals surface area contributed by atoms with Crippen LogP contribution >= 0.6 is 0 Å². The second kappa shape index (κ2) is 10.0. The van der Waals surface area contributed by atoms with Gasteiger partial charge in [-0.05, 0) is 54.2 Å². The molecule has 3 heterocycles. The highest BCUT2D eigenvalue weighted by molar-refractivity contribution is 5.79. The van der Waals surface area contributed by atoms with Gasteiger partial charge in [-0.15, -0.1) is 0 Å². The van der Waals surface area contributed by atoms with Crippen LogP contribution < -0.4 is 0 Å². The number of carbonyl (C=O) groups excluding carboxylic acids is 1. The first kappa shape index (κ1) is 20.8. The third-order valence-electron chi connectivity index (χ3n) is 6.07. The van der Waals surface area contributed by atoms with Crippen molar-refractivity contribution in [2.24, 2.45) is 5.92 Å². The van der Waals surface area contributed by atoms with E-state index < -0.39 is 0 Å². The maximum atomic E-state index is 13.2. The van der Waals surface area contributed by atoms with E-state index in [1.807, 2.05) is 29.4 Å². The highest BCUT2D eigenvalue weighted by atomic mass is 16.5. The van der Waals surface area contributed by atoms with Gasteiger partial charge in [0.2, 0.25) is 5.91 Å². The number of aromatic nitrogens is 1. The number of amides is 1. The first-order chi connectivity index (χ1) is 14.7. The summed E-state index contributed by atoms with van der Waals surface area (Å²) in [6.45, 7) is 7.84. The summed E-state index contributed by atoms with van der Waals surface area (Å²) >= 11 is 0. The van der Waals surface area contributed by atoms with Gasteiger partial charge in [0.05, 0.1) is 19.1 Å². The number of ether oxygens (including phenoxy) is 1. The zero-order valence-electron chi connectivity index (χ0n) is 17.8. The second-order valence-electron chi connectivity index (χ2n) is 8.19. The molecule has 0 saturated carbocycles. The largest absolute Gasteiger partial charge is 0.377 e. The van der Waals surface area contributed by atoms with Gasteiger partial charge in [0, 0.05) is 45.1 Å². The van der Waals surface area contributed by atoms with Gasteiger partial charge < -0.3 is 9.64 Å². The zero-order valence-corrected chi connectivity index (χ0v) is 17.8. The van der Waals surface area contributed by atoms with E-state index in [-0.39, 0.29) is 11.8 Å². The van der Waals surface area contributed by atoms with E-state index in [9.17, 15) is 4.79 Å². The number of nitrogens with zero attached hydrogens (tertiary/aromatic N) is 3. The van der Waals surface area contributed by atoms with Crippen molar-refractivity contribution in [3.05, 3.63) is 66.0 Å². The van der Waals surface area contributed by atoms with Crippen molar-refractivity contribution in [2.45, 2.75) is 19.8 Å². The Morgan fingerprint density at radius 1 is 1.07 bits per heavy atom. The Morgan fingerprint density at radius 3 is 2.53 bits per heavy atom. The Kier molecular flexibility index (Phi) is 6.92. The Balaban J connectivity index is 1.46. The summed E-state index contributed by atoms with van der Waals surface area (Å²) in [7, 11) is 0. The van der Waals surface area contributed by atoms with E-state index in [1.165, 1.54) is 16.7 Å². The van der Waals surface area contributed by atoms with E-state index in [2.05, 4.69) is 47.1 Å². The lowest BCUT2D eigenvalue weighted by atomic mass is 9.95. The number of hydrogen-bond donors (Lipinski definition) is 0. The lowest BCUT2D eigenvalue weighted by Crippen LogP contribution is -2.37. The number of pyridine rings is 1. The summed E-state index contributed by atoms with van der Waals surface area (Å²) < 4.78 is 5.61. The second-order valence-corrected chi connectivity index (χ2v) is 8.19. The summed E-state index contributed by atoms with van der Waals surface area (Å²) in [5.41, 5.74) is 4.89. The molecule has 30 heavy (non-hydrogen) atoms. The number of carbonyl (C=O) groups is 1. The van der Waals surface area contributed by atoms with Gasteiger partial charge in [-0.25, -0.2) is 0 Å². The molecule has 0 radical (unpaired) electrons. The number of hydrogen-bond acceptors (Lipinski definition) is 4. The van der Waals surface area contributed by atoms with Crippen molar-refractivity contribution in [1.82, 2.24) is 14.8 Å². The predicted octanol–water partition coefficient (Wildman–Crippen LogP) is 3.42. The van der Waals surface area contributed by atoms with Gasteiger partial charge in [-0.2, -0.15) is 0 Å². The molecule has 1 aromatic carbocycles. The SMILES string of the molecule is CCN1CCN(CC2=CCCOC2)C[C@H](Cc2ccc(-c3ccncc3)cc2)C1=O. The summed E-state index contributed by atoms with van der Waals surface area (Å²) in [5.74, 6) is 0.274. The van der Waals surface area contributed by atoms with Crippen LogP contribution in [0.4, 0.5) is 0 Å². The average Bonchev–Trinajstić information content (AvgIpc) is 2.94. The van der Waals surface area contributed by atoms with Crippen LogP contribution in [0.25, 0.3) is 11.1 Å². The van der Waals surface area contributed by atoms with Crippen LogP contribution in [0.15, 0.2) is 60.4 Å². The standard InChI is InChI=1S/C25H31N3O2/c1-2-28-14-13-27(17-21-4-3-15-30-19-21)18-24(25(28)29)16-20-5-7-22(8-6-20)23-9-11-26-12-10-23/h4-12,24H,2-3,13-19H2,1H3/t24-/m0/s1. The monoisotopic (exact) mass is 405 g/mol. The molecule has 1 atom stereocenters. The number of benzene rings is 1. The molecule has 1 aromatic heterocycles. The van der Waals surface area contributed by atoms with Gasteiger partial charge in [0.15, 0.2) is 0 Å². The molecule has 5 heteroatoms. The molecule has 2 aliphatic rings. The van der Waals surface area contributed by atoms with Crippen molar-refractivity contribution in [3.8, 4) is 11.1 Å². The van der Waals surface area contributed by atoms with Crippen molar-refractivity contribution in [3.63, 3.8) is 0 Å². The number of rotatable bonds is 6. The first-order valence-electron chi connectivity index (χ1n) is 11.0. The Labute approximate surface area is 179 Å². The fourth-order valence-corrected chi connectivity index (χ4v) is 4.39. The minimum absolute atomic E-state index is 0.00988. The van der Waals surface area contributed by atoms with Crippen LogP contribution in [0.5, 0.6) is 0 Å². The topological polar surface area (TPSA) is 45.7 Å². The van der Waals surface area contributed by atoms with Gasteiger partial charge in [-0.1, -0.05) is 30.3 Å². The molecule has 0 N–H and O–H groups in total. The smallest absolute Gasteiger partial charge is 0.227 e. The molecule has 1 saturated heterocycles. The molecule has 0 bridgehead atoms. The summed E-state index contributed by atoms with van der Waals surface area (Å²) in [5, 5.41) is 0. The minimum Gasteiger partial charge on any atom is -0.377 e. The van der Waals surface area contributed by atoms with E-state index in [1.54, 1.807) is 0 Å². The van der Waals surface area contributed by atoms with Crippen molar-refractivity contribution < 1.29 is 9.53 Å². The first-order valence-corrected chi connectivity index (χ1v) is 11.0. The fourth-order valence-electron chi connectivity index (χ4n) is 4.39. The molecule has 0 unspecified atom stereocenters. The highest BCUT2D eigenvalue weighted by Crippen LogP contribution is 2.22. The molecular formula is C25H31N3O2. The Morgan fingerprint density at radius 2 is 1.83 bits per heavy atom. The van der Waals surface area contributed by atoms with Crippen molar-refractivity contribution in [2.75, 3.05) is 45.9 Å². The number of likely N-dealkylation sites (N-methyl/N-ethyl adjacent to an activating group) is 1. The molecule has 1 amide bonds. The van der Waals surface area contributed by atoms with E-state index >= 15 is 0 Å². The average molecular weight is 406 g/mol. The van der Waals surface area contributed by atoms with Crippen LogP contribution in [0, 0.1) is 5.92 Å². The zero-order chi connectivity index (χ0) is 20.8. The third-order valence-corrected chi connectivity index (χ3v) is 6.07. The molecular weight excluding hydrogens is 374 g/mol. The predicted molar refractivity (Wildman–Crippen MR) is 119 cm³/mol. The highest BCUT2D eigenvalue weighted by Gasteiger charge is 2.30. The molecule has 158 valence electrons. The maximum Gasteiger partial charge on any atom is 0.227 e. The summed E-state index contributed by atoms with van der Waals surface area (Å²) in [6.07, 6.45) is 7.71. The normalized spacial score (nSPS) is 20.7. The quantitative estimate of drug-likeness (QED) is 0.691. The van der Waals surface area contributed by atoms with Gasteiger partial charge >= 0.3 is 0 Å². The van der Waals surface area contributed by atoms with E-state index in [4.69, 9.17) is 4.74 Å². The van der Waals surface area contributed by atoms with Crippen LogP contribution in [-0.4, -0.2) is 66.6 Å². The van der Waals surface area contributed by atoms with Crippen LogP contribution in [0.1, 0.15) is 18.9 Å². The summed E-state index contributed by atoms with van der Waals surface area (Å²) in [6, 6.07) is 12.6. The maximum absolute atomic E-state index is 13.2. The van der Waals surface area contributed by atoms with E-state index in [0.717, 1.165) is 64.3 Å². The molecule has 0 aliphatic carbocycles. The molecule has 0 spiro atoms. The van der Waals surface area contributed by atoms with Crippen molar-refractivity contribution in [1.29, 1.82) is 0 Å². The van der Waals surface area contributed by atoms with Crippen molar-refractivity contribution >= 4 is 5.91 Å². The van der Waals surface area contributed by atoms with E-state index in [0.29, 0.717) is 0 Å². The molecule has 2 aromatic rings. The lowest BCUT2D eigenvalue weighted by molar-refractivity contribution is -0.134. The van der Waals surface area contributed by atoms with Crippen LogP contribution in [0.2, 0.25) is 0 Å². The van der Waals surface area contributed by atoms with Gasteiger partial charge in [0.1, 0.15) is 0 Å². The minimum atomic E-state index is -0.00988. The third kappa shape index (κ3) is 5.15. The molecule has 2 aliphatic heterocycles. The lowest BCUT2D eigenvalue weighted by Gasteiger charge is -2.25. The Bertz CT molecular complexity index is 864. The van der Waals surface area contributed by atoms with Gasteiger partial charge in [-0.3, -0.25) is 14.7 Å². The molecule has 5 nitrogen and oxygen atoms in total. The summed E-state index contributed by atoms with van der Waals surface area (Å²) in [4.78, 5) is 21.7. The van der Waals surface area contributed by atoms with Gasteiger partial charge in [0.25, 0.3) is 0 Å². The fraction of sp³-hybridized carbons (Fsp3) is 0.440. The van der Waals surface area contributed by atoms with Crippen LogP contribution in [-0.2, 0) is 16.0 Å². The Hall–Kier alpha value is -2.50. The molecule has 1 fully saturated rings. The van der Waals surface area contributed by atoms with Crippen LogP contribution in [0.3, 0.4) is 0 Å².